The molecule has 0 aliphatic carbocycles. The lowest BCUT2D eigenvalue weighted by atomic mass is 10.4. The summed E-state index contributed by atoms with van der Waals surface area (Å²) in [6, 6.07) is 0. The Morgan fingerprint density at radius 3 is 3.00 bits per heavy atom. The van der Waals surface area contributed by atoms with Crippen molar-refractivity contribution in [3.05, 3.63) is 4.77 Å². The number of hydrogen-bond acceptors (Lipinski definition) is 4. The molecule has 0 aliphatic rings. The van der Waals surface area contributed by atoms with Gasteiger partial charge >= 0.3 is 5.97 Å². The molecule has 0 bridgehead atoms. The largest absolute Gasteiger partial charge is 0.481 e. The number of aromatic amines is 1. The van der Waals surface area contributed by atoms with Crippen LogP contribution in [-0.4, -0.2) is 31.3 Å². The van der Waals surface area contributed by atoms with Crippen molar-refractivity contribution in [1.29, 1.82) is 0 Å². The first-order valence-electron chi connectivity index (χ1n) is 2.90. The number of nitrogens with one attached hydrogen (secondary N) is 1. The highest BCUT2D eigenvalue weighted by atomic mass is 32.1. The van der Waals surface area contributed by atoms with E-state index in [1.807, 2.05) is 0 Å². The summed E-state index contributed by atoms with van der Waals surface area (Å²) in [6.45, 7) is 0.255. The number of tetrazole rings is 1. The summed E-state index contributed by atoms with van der Waals surface area (Å²) in [5, 5.41) is 17.6. The van der Waals surface area contributed by atoms with Crippen LogP contribution in [0.3, 0.4) is 0 Å². The maximum Gasteiger partial charge on any atom is 0.305 e. The Morgan fingerprint density at radius 1 is 1.82 bits per heavy atom. The first-order chi connectivity index (χ1) is 5.20. The highest BCUT2D eigenvalue weighted by Gasteiger charge is 1.99. The fourth-order valence-electron chi connectivity index (χ4n) is 0.565. The summed E-state index contributed by atoms with van der Waals surface area (Å²) in [5.74, 6) is -0.880. The van der Waals surface area contributed by atoms with E-state index >= 15 is 0 Å². The van der Waals surface area contributed by atoms with Gasteiger partial charge < -0.3 is 5.11 Å². The van der Waals surface area contributed by atoms with Crippen molar-refractivity contribution in [2.24, 2.45) is 0 Å². The van der Waals surface area contributed by atoms with Crippen LogP contribution >= 0.6 is 12.2 Å². The number of carboxylic acid groups (broad SMARTS) is 1. The normalized spacial score (nSPS) is 9.82. The van der Waals surface area contributed by atoms with E-state index in [-0.39, 0.29) is 13.0 Å². The van der Waals surface area contributed by atoms with Crippen LogP contribution in [0.4, 0.5) is 0 Å². The zero-order chi connectivity index (χ0) is 8.27. The van der Waals surface area contributed by atoms with Crippen LogP contribution in [0, 0.1) is 4.77 Å². The number of H-pyrrole nitrogens is 1. The molecule has 6 nitrogen and oxygen atoms in total. The molecule has 0 saturated heterocycles. The van der Waals surface area contributed by atoms with Gasteiger partial charge in [0.25, 0.3) is 0 Å². The SMILES string of the molecule is O=C(O)CCn1nn[nH]c1=S. The first kappa shape index (κ1) is 7.86. The minimum atomic E-state index is -0.880. The summed E-state index contributed by atoms with van der Waals surface area (Å²) in [7, 11) is 0. The van der Waals surface area contributed by atoms with Crippen LogP contribution in [0.25, 0.3) is 0 Å². The predicted octanol–water partition coefficient (Wildman–Crippen LogP) is -0.190. The van der Waals surface area contributed by atoms with Crippen molar-refractivity contribution < 1.29 is 9.90 Å². The molecule has 1 rings (SSSR count). The van der Waals surface area contributed by atoms with Crippen LogP contribution in [0.2, 0.25) is 0 Å². The highest BCUT2D eigenvalue weighted by molar-refractivity contribution is 7.71. The average molecular weight is 174 g/mol. The van der Waals surface area contributed by atoms with E-state index in [0.717, 1.165) is 0 Å². The number of aliphatic carboxylic acids is 1. The van der Waals surface area contributed by atoms with Gasteiger partial charge in [-0.1, -0.05) is 0 Å². The molecule has 1 aromatic rings. The first-order valence-corrected chi connectivity index (χ1v) is 3.31. The van der Waals surface area contributed by atoms with Gasteiger partial charge in [0.05, 0.1) is 13.0 Å². The maximum atomic E-state index is 10.1. The van der Waals surface area contributed by atoms with Gasteiger partial charge in [0.1, 0.15) is 0 Å². The minimum absolute atomic E-state index is 0.000833. The lowest BCUT2D eigenvalue weighted by Crippen LogP contribution is -2.06. The van der Waals surface area contributed by atoms with E-state index in [9.17, 15) is 4.79 Å². The zero-order valence-corrected chi connectivity index (χ0v) is 6.34. The molecule has 1 heterocycles. The molecule has 7 heteroatoms. The second kappa shape index (κ2) is 3.24. The molecular weight excluding hydrogens is 168 g/mol. The third-order valence-corrected chi connectivity index (χ3v) is 1.37. The summed E-state index contributed by atoms with van der Waals surface area (Å²) in [6.07, 6.45) is 0.000833. The Bertz CT molecular complexity index is 303. The third kappa shape index (κ3) is 2.11. The standard InChI is InChI=1S/C4H6N4O2S/c9-3(10)1-2-8-4(11)5-6-7-8/h1-2H2,(H,9,10)(H,5,7,11). The fraction of sp³-hybridized carbons (Fsp3) is 0.500. The summed E-state index contributed by atoms with van der Waals surface area (Å²) in [4.78, 5) is 10.1. The van der Waals surface area contributed by atoms with Crippen molar-refractivity contribution in [3.63, 3.8) is 0 Å². The number of rotatable bonds is 3. The van der Waals surface area contributed by atoms with Crippen molar-refractivity contribution >= 4 is 18.2 Å². The highest BCUT2D eigenvalue weighted by Crippen LogP contribution is 1.87. The van der Waals surface area contributed by atoms with Crippen molar-refractivity contribution in [2.75, 3.05) is 0 Å². The van der Waals surface area contributed by atoms with Crippen molar-refractivity contribution in [2.45, 2.75) is 13.0 Å². The maximum absolute atomic E-state index is 10.1. The minimum Gasteiger partial charge on any atom is -0.481 e. The van der Waals surface area contributed by atoms with Crippen LogP contribution in [0.5, 0.6) is 0 Å². The fourth-order valence-corrected chi connectivity index (χ4v) is 0.734. The van der Waals surface area contributed by atoms with Gasteiger partial charge in [-0.15, -0.1) is 0 Å². The number of aromatic nitrogens is 4. The Hall–Kier alpha value is -1.24. The second-order valence-electron chi connectivity index (χ2n) is 1.87. The molecule has 1 aromatic heterocycles. The Balaban J connectivity index is 2.58. The van der Waals surface area contributed by atoms with Gasteiger partial charge in [0.2, 0.25) is 4.77 Å². The monoisotopic (exact) mass is 174 g/mol. The molecule has 0 unspecified atom stereocenters. The Kier molecular flexibility index (Phi) is 2.32. The smallest absolute Gasteiger partial charge is 0.305 e. The molecule has 0 saturated carbocycles. The van der Waals surface area contributed by atoms with Gasteiger partial charge in [-0.05, 0) is 22.6 Å². The molecule has 11 heavy (non-hydrogen) atoms. The second-order valence-corrected chi connectivity index (χ2v) is 2.26. The Labute approximate surface area is 66.8 Å². The van der Waals surface area contributed by atoms with Crippen molar-refractivity contribution in [3.8, 4) is 0 Å². The zero-order valence-electron chi connectivity index (χ0n) is 5.52. The lowest BCUT2D eigenvalue weighted by molar-refractivity contribution is -0.137. The number of aryl methyl sites for hydroxylation is 1. The van der Waals surface area contributed by atoms with E-state index < -0.39 is 5.97 Å². The molecule has 0 fully saturated rings. The third-order valence-electron chi connectivity index (χ3n) is 1.07. The van der Waals surface area contributed by atoms with Gasteiger partial charge in [0.15, 0.2) is 0 Å². The molecule has 0 aliphatic heterocycles. The molecule has 0 radical (unpaired) electrons. The number of carboxylic acids is 1. The summed E-state index contributed by atoms with van der Waals surface area (Å²) >= 11 is 4.73. The van der Waals surface area contributed by atoms with E-state index in [2.05, 4.69) is 15.5 Å². The Morgan fingerprint density at radius 2 is 2.55 bits per heavy atom. The molecule has 0 spiro atoms. The van der Waals surface area contributed by atoms with E-state index in [1.54, 1.807) is 0 Å². The van der Waals surface area contributed by atoms with Gasteiger partial charge in [0, 0.05) is 0 Å². The predicted molar refractivity (Wildman–Crippen MR) is 37.5 cm³/mol. The lowest BCUT2D eigenvalue weighted by Gasteiger charge is -1.92. The van der Waals surface area contributed by atoms with Gasteiger partial charge in [-0.25, -0.2) is 9.78 Å². The molecule has 2 N–H and O–H groups in total. The van der Waals surface area contributed by atoms with Gasteiger partial charge in [-0.3, -0.25) is 4.79 Å². The molecule has 60 valence electrons. The van der Waals surface area contributed by atoms with Crippen molar-refractivity contribution in [1.82, 2.24) is 20.2 Å². The van der Waals surface area contributed by atoms with Crippen LogP contribution < -0.4 is 0 Å². The van der Waals surface area contributed by atoms with E-state index in [1.165, 1.54) is 4.68 Å². The molecule has 0 atom stereocenters. The number of carbonyl (C=O) groups is 1. The quantitative estimate of drug-likeness (QED) is 0.620. The summed E-state index contributed by atoms with van der Waals surface area (Å²) in [5.41, 5.74) is 0. The molecule has 0 amide bonds. The number of hydrogen-bond donors (Lipinski definition) is 2. The van der Waals surface area contributed by atoms with Crippen LogP contribution in [0.15, 0.2) is 0 Å². The van der Waals surface area contributed by atoms with Crippen LogP contribution in [0.1, 0.15) is 6.42 Å². The number of nitrogens with zero attached hydrogens (tertiary/aromatic N) is 3. The molecular formula is C4H6N4O2S. The van der Waals surface area contributed by atoms with Crippen LogP contribution in [-0.2, 0) is 11.3 Å². The average Bonchev–Trinajstić information content (AvgIpc) is 2.31. The van der Waals surface area contributed by atoms with Gasteiger partial charge in [-0.2, -0.15) is 0 Å². The topological polar surface area (TPSA) is 83.8 Å². The van der Waals surface area contributed by atoms with E-state index in [4.69, 9.17) is 17.3 Å². The summed E-state index contributed by atoms with van der Waals surface area (Å²) < 4.78 is 1.66. The van der Waals surface area contributed by atoms with E-state index in [0.29, 0.717) is 4.77 Å². The molecule has 0 aromatic carbocycles.